The lowest BCUT2D eigenvalue weighted by atomic mass is 10.1. The van der Waals surface area contributed by atoms with Crippen molar-refractivity contribution in [3.63, 3.8) is 0 Å². The number of rotatable bonds is 5. The molecular formula is C12H10Cl2N2S. The first-order chi connectivity index (χ1) is 8.17. The second-order valence-electron chi connectivity index (χ2n) is 3.41. The quantitative estimate of drug-likeness (QED) is 0.747. The van der Waals surface area contributed by atoms with Gasteiger partial charge >= 0.3 is 0 Å². The SMILES string of the molecule is N#CCCC(C#N)CSc1ccc(Cl)c(Cl)c1. The molecule has 0 radical (unpaired) electrons. The van der Waals surface area contributed by atoms with Gasteiger partial charge in [0.05, 0.1) is 28.1 Å². The summed E-state index contributed by atoms with van der Waals surface area (Å²) in [5.41, 5.74) is 0. The maximum absolute atomic E-state index is 8.91. The molecule has 2 nitrogen and oxygen atoms in total. The third kappa shape index (κ3) is 4.88. The summed E-state index contributed by atoms with van der Waals surface area (Å²) in [6.07, 6.45) is 1.03. The second kappa shape index (κ2) is 7.45. The Kier molecular flexibility index (Phi) is 6.22. The third-order valence-corrected chi connectivity index (χ3v) is 4.02. The van der Waals surface area contributed by atoms with Gasteiger partial charge in [-0.15, -0.1) is 11.8 Å². The Balaban J connectivity index is 2.52. The molecule has 0 bridgehead atoms. The number of halogens is 2. The average Bonchev–Trinajstić information content (AvgIpc) is 2.34. The summed E-state index contributed by atoms with van der Waals surface area (Å²) in [5.74, 6) is 0.560. The molecule has 1 rings (SSSR count). The van der Waals surface area contributed by atoms with Crippen molar-refractivity contribution in [2.75, 3.05) is 5.75 Å². The molecule has 1 aromatic carbocycles. The molecule has 1 aromatic rings. The molecule has 0 aliphatic rings. The summed E-state index contributed by atoms with van der Waals surface area (Å²) in [6.45, 7) is 0. The minimum absolute atomic E-state index is 0.103. The first-order valence-electron chi connectivity index (χ1n) is 5.01. The van der Waals surface area contributed by atoms with E-state index in [4.69, 9.17) is 33.7 Å². The molecule has 0 fully saturated rings. The van der Waals surface area contributed by atoms with Gasteiger partial charge in [-0.3, -0.25) is 0 Å². The minimum Gasteiger partial charge on any atom is -0.198 e. The Morgan fingerprint density at radius 3 is 2.59 bits per heavy atom. The fourth-order valence-electron chi connectivity index (χ4n) is 1.19. The summed E-state index contributed by atoms with van der Waals surface area (Å²) in [7, 11) is 0. The van der Waals surface area contributed by atoms with Gasteiger partial charge in [0, 0.05) is 17.1 Å². The maximum Gasteiger partial charge on any atom is 0.0664 e. The van der Waals surface area contributed by atoms with Crippen molar-refractivity contribution in [3.05, 3.63) is 28.2 Å². The molecule has 0 amide bonds. The molecule has 88 valence electrons. The van der Waals surface area contributed by atoms with Gasteiger partial charge in [0.25, 0.3) is 0 Å². The van der Waals surface area contributed by atoms with Gasteiger partial charge in [-0.2, -0.15) is 10.5 Å². The van der Waals surface area contributed by atoms with Crippen LogP contribution in [0.4, 0.5) is 0 Å². The van der Waals surface area contributed by atoms with Crippen molar-refractivity contribution in [1.82, 2.24) is 0 Å². The number of hydrogen-bond donors (Lipinski definition) is 0. The number of nitriles is 2. The van der Waals surface area contributed by atoms with Gasteiger partial charge < -0.3 is 0 Å². The van der Waals surface area contributed by atoms with Crippen LogP contribution in [0, 0.1) is 28.6 Å². The van der Waals surface area contributed by atoms with Crippen LogP contribution in [0.5, 0.6) is 0 Å². The minimum atomic E-state index is -0.103. The number of nitrogens with zero attached hydrogens (tertiary/aromatic N) is 2. The van der Waals surface area contributed by atoms with E-state index in [2.05, 4.69) is 6.07 Å². The first-order valence-corrected chi connectivity index (χ1v) is 6.76. The van der Waals surface area contributed by atoms with E-state index in [0.29, 0.717) is 28.6 Å². The topological polar surface area (TPSA) is 47.6 Å². The van der Waals surface area contributed by atoms with Gasteiger partial charge in [0.15, 0.2) is 0 Å². The first kappa shape index (κ1) is 14.2. The molecule has 1 atom stereocenters. The van der Waals surface area contributed by atoms with Crippen molar-refractivity contribution in [2.24, 2.45) is 5.92 Å². The van der Waals surface area contributed by atoms with Crippen molar-refractivity contribution in [1.29, 1.82) is 10.5 Å². The molecule has 0 spiro atoms. The Hall–Kier alpha value is -0.870. The normalized spacial score (nSPS) is 11.5. The summed E-state index contributed by atoms with van der Waals surface area (Å²) in [5, 5.41) is 18.4. The van der Waals surface area contributed by atoms with Crippen LogP contribution in [-0.2, 0) is 0 Å². The Morgan fingerprint density at radius 1 is 1.24 bits per heavy atom. The van der Waals surface area contributed by atoms with Crippen LogP contribution >= 0.6 is 35.0 Å². The van der Waals surface area contributed by atoms with Crippen LogP contribution in [-0.4, -0.2) is 5.75 Å². The van der Waals surface area contributed by atoms with Crippen LogP contribution < -0.4 is 0 Å². The summed E-state index contributed by atoms with van der Waals surface area (Å²) >= 11 is 13.3. The third-order valence-electron chi connectivity index (χ3n) is 2.13. The predicted octanol–water partition coefficient (Wildman–Crippen LogP) is 4.53. The van der Waals surface area contributed by atoms with E-state index in [1.54, 1.807) is 23.9 Å². The van der Waals surface area contributed by atoms with Crippen molar-refractivity contribution in [2.45, 2.75) is 17.7 Å². The predicted molar refractivity (Wildman–Crippen MR) is 71.1 cm³/mol. The second-order valence-corrected chi connectivity index (χ2v) is 5.32. The van der Waals surface area contributed by atoms with E-state index in [0.717, 1.165) is 4.90 Å². The highest BCUT2D eigenvalue weighted by atomic mass is 35.5. The van der Waals surface area contributed by atoms with E-state index < -0.39 is 0 Å². The van der Waals surface area contributed by atoms with Gasteiger partial charge in [-0.05, 0) is 24.6 Å². The maximum atomic E-state index is 8.91. The number of hydrogen-bond acceptors (Lipinski definition) is 3. The van der Waals surface area contributed by atoms with Crippen LogP contribution in [0.3, 0.4) is 0 Å². The highest BCUT2D eigenvalue weighted by Gasteiger charge is 2.08. The lowest BCUT2D eigenvalue weighted by molar-refractivity contribution is 0.685. The summed E-state index contributed by atoms with van der Waals surface area (Å²) in [6, 6.07) is 9.65. The molecule has 0 N–H and O–H groups in total. The zero-order valence-corrected chi connectivity index (χ0v) is 11.3. The zero-order chi connectivity index (χ0) is 12.7. The number of benzene rings is 1. The van der Waals surface area contributed by atoms with Crippen LogP contribution in [0.1, 0.15) is 12.8 Å². The average molecular weight is 285 g/mol. The zero-order valence-electron chi connectivity index (χ0n) is 8.99. The molecule has 0 saturated heterocycles. The fourth-order valence-corrected chi connectivity index (χ4v) is 2.55. The van der Waals surface area contributed by atoms with E-state index >= 15 is 0 Å². The molecule has 0 heterocycles. The Labute approximate surface area is 115 Å². The van der Waals surface area contributed by atoms with E-state index in [9.17, 15) is 0 Å². The Morgan fingerprint density at radius 2 is 2.00 bits per heavy atom. The fraction of sp³-hybridized carbons (Fsp3) is 0.333. The molecule has 0 saturated carbocycles. The number of thioether (sulfide) groups is 1. The molecule has 17 heavy (non-hydrogen) atoms. The smallest absolute Gasteiger partial charge is 0.0664 e. The largest absolute Gasteiger partial charge is 0.198 e. The van der Waals surface area contributed by atoms with Crippen molar-refractivity contribution in [3.8, 4) is 12.1 Å². The highest BCUT2D eigenvalue weighted by Crippen LogP contribution is 2.29. The van der Waals surface area contributed by atoms with Gasteiger partial charge in [-0.25, -0.2) is 0 Å². The van der Waals surface area contributed by atoms with Crippen LogP contribution in [0.25, 0.3) is 0 Å². The van der Waals surface area contributed by atoms with E-state index in [1.165, 1.54) is 0 Å². The van der Waals surface area contributed by atoms with Crippen LogP contribution in [0.2, 0.25) is 10.0 Å². The van der Waals surface area contributed by atoms with Gasteiger partial charge in [0.1, 0.15) is 0 Å². The lowest BCUT2D eigenvalue weighted by Gasteiger charge is -2.07. The molecule has 0 aliphatic carbocycles. The molecule has 5 heteroatoms. The Bertz CT molecular complexity index is 463. The molecule has 0 aliphatic heterocycles. The van der Waals surface area contributed by atoms with E-state index in [1.807, 2.05) is 12.1 Å². The monoisotopic (exact) mass is 284 g/mol. The summed E-state index contributed by atoms with van der Waals surface area (Å²) in [4.78, 5) is 0.983. The molecular weight excluding hydrogens is 275 g/mol. The molecule has 0 aromatic heterocycles. The standard InChI is InChI=1S/C12H10Cl2N2S/c13-11-4-3-10(6-12(11)14)17-8-9(7-16)2-1-5-15/h3-4,6,9H,1-2,8H2. The lowest BCUT2D eigenvalue weighted by Crippen LogP contribution is -1.99. The van der Waals surface area contributed by atoms with E-state index in [-0.39, 0.29) is 5.92 Å². The van der Waals surface area contributed by atoms with Crippen molar-refractivity contribution >= 4 is 35.0 Å². The van der Waals surface area contributed by atoms with Gasteiger partial charge in [0.2, 0.25) is 0 Å². The molecule has 1 unspecified atom stereocenters. The van der Waals surface area contributed by atoms with Crippen molar-refractivity contribution < 1.29 is 0 Å². The highest BCUT2D eigenvalue weighted by molar-refractivity contribution is 7.99. The van der Waals surface area contributed by atoms with Crippen LogP contribution in [0.15, 0.2) is 23.1 Å². The van der Waals surface area contributed by atoms with Gasteiger partial charge in [-0.1, -0.05) is 23.2 Å². The summed E-state index contributed by atoms with van der Waals surface area (Å²) < 4.78 is 0.